The summed E-state index contributed by atoms with van der Waals surface area (Å²) in [6, 6.07) is 0.498. The average molecular weight is 264 g/mol. The predicted molar refractivity (Wildman–Crippen MR) is 79.4 cm³/mol. The quantitative estimate of drug-likeness (QED) is 0.881. The molecule has 1 N–H and O–H groups in total. The molecule has 1 aromatic rings. The van der Waals surface area contributed by atoms with Gasteiger partial charge in [-0.15, -0.1) is 0 Å². The zero-order chi connectivity index (χ0) is 14.0. The molecule has 1 aliphatic rings. The Morgan fingerprint density at radius 2 is 2.05 bits per heavy atom. The summed E-state index contributed by atoms with van der Waals surface area (Å²) in [6.07, 6.45) is 2.18. The van der Waals surface area contributed by atoms with Crippen molar-refractivity contribution in [1.29, 1.82) is 0 Å². The van der Waals surface area contributed by atoms with Gasteiger partial charge in [0, 0.05) is 44.2 Å². The molecule has 0 aliphatic carbocycles. The van der Waals surface area contributed by atoms with Gasteiger partial charge in [0.1, 0.15) is 5.82 Å². The van der Waals surface area contributed by atoms with Crippen LogP contribution in [0.5, 0.6) is 0 Å². The summed E-state index contributed by atoms with van der Waals surface area (Å²) in [5.41, 5.74) is 2.73. The van der Waals surface area contributed by atoms with Crippen LogP contribution in [0.25, 0.3) is 0 Å². The van der Waals surface area contributed by atoms with E-state index >= 15 is 0 Å². The number of hydrogen-bond donors (Lipinski definition) is 1. The van der Waals surface area contributed by atoms with E-state index in [1.54, 1.807) is 0 Å². The standard InChI is InChI=1S/C15H28N4/c1-11(2)8-15-17-13-9-16-7-6-14(13)19(15)12(3)10-18(4)5/h11-12,16H,6-10H2,1-5H3. The van der Waals surface area contributed by atoms with Crippen molar-refractivity contribution in [2.75, 3.05) is 27.2 Å². The molecule has 19 heavy (non-hydrogen) atoms. The summed E-state index contributed by atoms with van der Waals surface area (Å²) in [7, 11) is 4.28. The molecule has 4 heteroatoms. The van der Waals surface area contributed by atoms with E-state index < -0.39 is 0 Å². The number of likely N-dealkylation sites (N-methyl/N-ethyl adjacent to an activating group) is 1. The van der Waals surface area contributed by atoms with Crippen LogP contribution in [0.2, 0.25) is 0 Å². The number of fused-ring (bicyclic) bond motifs is 1. The van der Waals surface area contributed by atoms with Gasteiger partial charge in [-0.05, 0) is 26.9 Å². The smallest absolute Gasteiger partial charge is 0.109 e. The highest BCUT2D eigenvalue weighted by Crippen LogP contribution is 2.23. The van der Waals surface area contributed by atoms with Crippen LogP contribution in [0.4, 0.5) is 0 Å². The lowest BCUT2D eigenvalue weighted by atomic mass is 10.1. The van der Waals surface area contributed by atoms with Gasteiger partial charge >= 0.3 is 0 Å². The summed E-state index contributed by atoms with van der Waals surface area (Å²) in [4.78, 5) is 7.16. The minimum atomic E-state index is 0.498. The highest BCUT2D eigenvalue weighted by molar-refractivity contribution is 5.21. The molecule has 1 aromatic heterocycles. The minimum Gasteiger partial charge on any atom is -0.328 e. The van der Waals surface area contributed by atoms with Gasteiger partial charge in [-0.2, -0.15) is 0 Å². The van der Waals surface area contributed by atoms with Crippen molar-refractivity contribution in [2.24, 2.45) is 5.92 Å². The highest BCUT2D eigenvalue weighted by atomic mass is 15.2. The Morgan fingerprint density at radius 1 is 1.32 bits per heavy atom. The SMILES string of the molecule is CC(C)Cc1nc2c(n1C(C)CN(C)C)CCNC2. The first-order valence-corrected chi connectivity index (χ1v) is 7.43. The monoisotopic (exact) mass is 264 g/mol. The van der Waals surface area contributed by atoms with Crippen LogP contribution in [0.3, 0.4) is 0 Å². The summed E-state index contributed by atoms with van der Waals surface area (Å²) >= 11 is 0. The molecular formula is C15H28N4. The fourth-order valence-electron chi connectivity index (χ4n) is 3.03. The molecule has 0 aromatic carbocycles. The van der Waals surface area contributed by atoms with Crippen LogP contribution in [-0.4, -0.2) is 41.6 Å². The van der Waals surface area contributed by atoms with Gasteiger partial charge in [-0.25, -0.2) is 4.98 Å². The predicted octanol–water partition coefficient (Wildman–Crippen LogP) is 1.85. The second-order valence-electron chi connectivity index (χ2n) is 6.43. The molecule has 0 saturated carbocycles. The molecule has 2 heterocycles. The molecule has 0 saturated heterocycles. The van der Waals surface area contributed by atoms with Crippen LogP contribution in [-0.2, 0) is 19.4 Å². The maximum atomic E-state index is 4.90. The molecular weight excluding hydrogens is 236 g/mol. The lowest BCUT2D eigenvalue weighted by Gasteiger charge is -2.24. The number of rotatable bonds is 5. The van der Waals surface area contributed by atoms with Crippen molar-refractivity contribution in [1.82, 2.24) is 19.8 Å². The summed E-state index contributed by atoms with van der Waals surface area (Å²) in [5, 5.41) is 3.43. The summed E-state index contributed by atoms with van der Waals surface area (Å²) in [6.45, 7) is 9.94. The molecule has 1 unspecified atom stereocenters. The fourth-order valence-corrected chi connectivity index (χ4v) is 3.03. The van der Waals surface area contributed by atoms with E-state index in [-0.39, 0.29) is 0 Å². The number of imidazole rings is 1. The minimum absolute atomic E-state index is 0.498. The van der Waals surface area contributed by atoms with Gasteiger partial charge in [0.25, 0.3) is 0 Å². The average Bonchev–Trinajstić information content (AvgIpc) is 2.64. The van der Waals surface area contributed by atoms with Crippen LogP contribution in [0.1, 0.15) is 44.0 Å². The summed E-state index contributed by atoms with van der Waals surface area (Å²) < 4.78 is 2.51. The number of aromatic nitrogens is 2. The van der Waals surface area contributed by atoms with Crippen molar-refractivity contribution < 1.29 is 0 Å². The Kier molecular flexibility index (Phi) is 4.63. The van der Waals surface area contributed by atoms with E-state index in [0.717, 1.165) is 32.5 Å². The molecule has 4 nitrogen and oxygen atoms in total. The molecule has 0 radical (unpaired) electrons. The Labute approximate surface area is 117 Å². The van der Waals surface area contributed by atoms with E-state index in [4.69, 9.17) is 4.98 Å². The second kappa shape index (κ2) is 6.06. The Morgan fingerprint density at radius 3 is 2.68 bits per heavy atom. The molecule has 0 amide bonds. The molecule has 1 aliphatic heterocycles. The third-order valence-corrected chi connectivity index (χ3v) is 3.66. The maximum absolute atomic E-state index is 4.90. The number of nitrogens with zero attached hydrogens (tertiary/aromatic N) is 3. The van der Waals surface area contributed by atoms with Crippen molar-refractivity contribution in [3.8, 4) is 0 Å². The fraction of sp³-hybridized carbons (Fsp3) is 0.800. The van der Waals surface area contributed by atoms with E-state index in [9.17, 15) is 0 Å². The third-order valence-electron chi connectivity index (χ3n) is 3.66. The first-order valence-electron chi connectivity index (χ1n) is 7.43. The van der Waals surface area contributed by atoms with E-state index in [1.807, 2.05) is 0 Å². The van der Waals surface area contributed by atoms with E-state index in [1.165, 1.54) is 17.2 Å². The van der Waals surface area contributed by atoms with E-state index in [0.29, 0.717) is 12.0 Å². The molecule has 1 atom stereocenters. The van der Waals surface area contributed by atoms with Crippen molar-refractivity contribution in [3.05, 3.63) is 17.2 Å². The topological polar surface area (TPSA) is 33.1 Å². The van der Waals surface area contributed by atoms with Gasteiger partial charge in [-0.3, -0.25) is 0 Å². The molecule has 2 rings (SSSR count). The van der Waals surface area contributed by atoms with Crippen LogP contribution in [0, 0.1) is 5.92 Å². The van der Waals surface area contributed by atoms with Crippen LogP contribution in [0.15, 0.2) is 0 Å². The van der Waals surface area contributed by atoms with Crippen molar-refractivity contribution >= 4 is 0 Å². The van der Waals surface area contributed by atoms with Crippen molar-refractivity contribution in [3.63, 3.8) is 0 Å². The van der Waals surface area contributed by atoms with Gasteiger partial charge in [0.2, 0.25) is 0 Å². The first kappa shape index (κ1) is 14.5. The number of nitrogens with one attached hydrogen (secondary N) is 1. The van der Waals surface area contributed by atoms with Gasteiger partial charge in [0.05, 0.1) is 5.69 Å². The largest absolute Gasteiger partial charge is 0.328 e. The summed E-state index contributed by atoms with van der Waals surface area (Å²) in [5.74, 6) is 1.93. The van der Waals surface area contributed by atoms with Crippen molar-refractivity contribution in [2.45, 2.75) is 46.2 Å². The Balaban J connectivity index is 2.33. The van der Waals surface area contributed by atoms with Gasteiger partial charge in [0.15, 0.2) is 0 Å². The zero-order valence-electron chi connectivity index (χ0n) is 13.0. The molecule has 0 bridgehead atoms. The van der Waals surface area contributed by atoms with Crippen LogP contribution >= 0.6 is 0 Å². The third kappa shape index (κ3) is 3.37. The first-order chi connectivity index (χ1) is 8.99. The molecule has 0 fully saturated rings. The van der Waals surface area contributed by atoms with Crippen LogP contribution < -0.4 is 5.32 Å². The van der Waals surface area contributed by atoms with Gasteiger partial charge < -0.3 is 14.8 Å². The Hall–Kier alpha value is -0.870. The lowest BCUT2D eigenvalue weighted by molar-refractivity contribution is 0.325. The second-order valence-corrected chi connectivity index (χ2v) is 6.43. The van der Waals surface area contributed by atoms with E-state index in [2.05, 4.69) is 49.7 Å². The zero-order valence-corrected chi connectivity index (χ0v) is 13.0. The normalized spacial score (nSPS) is 17.0. The van der Waals surface area contributed by atoms with Gasteiger partial charge in [-0.1, -0.05) is 13.8 Å². The number of hydrogen-bond acceptors (Lipinski definition) is 3. The highest BCUT2D eigenvalue weighted by Gasteiger charge is 2.23. The molecule has 0 spiro atoms. The maximum Gasteiger partial charge on any atom is 0.109 e. The Bertz CT molecular complexity index is 420. The molecule has 108 valence electrons. The lowest BCUT2D eigenvalue weighted by Crippen LogP contribution is -2.29.